The lowest BCUT2D eigenvalue weighted by Gasteiger charge is -2.24. The summed E-state index contributed by atoms with van der Waals surface area (Å²) in [6.07, 6.45) is 0. The zero-order valence-corrected chi connectivity index (χ0v) is 25.0. The van der Waals surface area contributed by atoms with E-state index in [0.717, 1.165) is 50.1 Å². The lowest BCUT2D eigenvalue weighted by Crippen LogP contribution is -2.14. The first-order valence-electron chi connectivity index (χ1n) is 15.6. The number of ether oxygens (including phenoxy) is 1. The fourth-order valence-electron chi connectivity index (χ4n) is 7.93. The maximum absolute atomic E-state index is 6.61. The molecule has 0 spiro atoms. The van der Waals surface area contributed by atoms with Gasteiger partial charge in [0.2, 0.25) is 0 Å². The van der Waals surface area contributed by atoms with Crippen LogP contribution in [-0.2, 0) is 5.41 Å². The molecular weight excluding hydrogens is 548 g/mol. The van der Waals surface area contributed by atoms with Crippen molar-refractivity contribution in [3.8, 4) is 56.0 Å². The first-order valence-corrected chi connectivity index (χ1v) is 15.6. The second kappa shape index (κ2) is 8.74. The molecule has 1 aliphatic carbocycles. The molecule has 212 valence electrons. The Morgan fingerprint density at radius 3 is 2.09 bits per heavy atom. The van der Waals surface area contributed by atoms with Gasteiger partial charge in [0.25, 0.3) is 0 Å². The second-order valence-electron chi connectivity index (χ2n) is 12.9. The van der Waals surface area contributed by atoms with Gasteiger partial charge in [0.15, 0.2) is 0 Å². The maximum Gasteiger partial charge on any atom is 0.135 e. The summed E-state index contributed by atoms with van der Waals surface area (Å²) in [5, 5.41) is 4.65. The van der Waals surface area contributed by atoms with Crippen molar-refractivity contribution >= 4 is 32.7 Å². The van der Waals surface area contributed by atoms with Gasteiger partial charge >= 0.3 is 0 Å². The second-order valence-corrected chi connectivity index (χ2v) is 12.9. The van der Waals surface area contributed by atoms with E-state index >= 15 is 0 Å². The Balaban J connectivity index is 1.16. The van der Waals surface area contributed by atoms with Crippen LogP contribution >= 0.6 is 0 Å². The fraction of sp³-hybridized carbons (Fsp3) is 0.0698. The summed E-state index contributed by atoms with van der Waals surface area (Å²) >= 11 is 0. The molecule has 2 heteroatoms. The highest BCUT2D eigenvalue weighted by Crippen LogP contribution is 2.54. The van der Waals surface area contributed by atoms with E-state index in [1.54, 1.807) is 0 Å². The Bertz CT molecular complexity index is 2550. The van der Waals surface area contributed by atoms with E-state index in [1.165, 1.54) is 49.7 Å². The summed E-state index contributed by atoms with van der Waals surface area (Å²) in [6, 6.07) is 48.0. The van der Waals surface area contributed by atoms with Crippen molar-refractivity contribution in [3.63, 3.8) is 0 Å². The number of furan rings is 1. The largest absolute Gasteiger partial charge is 0.456 e. The van der Waals surface area contributed by atoms with Crippen molar-refractivity contribution in [3.05, 3.63) is 145 Å². The fourth-order valence-corrected chi connectivity index (χ4v) is 7.93. The van der Waals surface area contributed by atoms with Crippen LogP contribution in [0.2, 0.25) is 0 Å². The summed E-state index contributed by atoms with van der Waals surface area (Å²) in [5.41, 5.74) is 14.4. The molecule has 0 unspecified atom stereocenters. The van der Waals surface area contributed by atoms with Crippen LogP contribution in [0.1, 0.15) is 25.0 Å². The molecule has 0 saturated carbocycles. The summed E-state index contributed by atoms with van der Waals surface area (Å²) < 4.78 is 12.7. The van der Waals surface area contributed by atoms with Crippen molar-refractivity contribution in [1.82, 2.24) is 0 Å². The highest BCUT2D eigenvalue weighted by atomic mass is 16.5. The van der Waals surface area contributed by atoms with Crippen LogP contribution in [0.3, 0.4) is 0 Å². The molecule has 45 heavy (non-hydrogen) atoms. The molecule has 1 aromatic heterocycles. The topological polar surface area (TPSA) is 22.4 Å². The SMILES string of the molecule is CC1(C)c2ccccc2-c2c(-c3ccc4c5c(cccc35)-c3cc(-c5ccc6oc7ccccc7c6c5)ccc3O4)cccc21. The molecule has 1 aliphatic heterocycles. The number of benzene rings is 7. The summed E-state index contributed by atoms with van der Waals surface area (Å²) in [5.74, 6) is 1.79. The van der Waals surface area contributed by atoms with Gasteiger partial charge in [0.1, 0.15) is 22.7 Å². The van der Waals surface area contributed by atoms with Crippen LogP contribution in [-0.4, -0.2) is 0 Å². The molecular formula is C43H28O2. The molecule has 0 bridgehead atoms. The number of hydrogen-bond acceptors (Lipinski definition) is 2. The number of fused-ring (bicyclic) bond motifs is 8. The molecule has 0 fully saturated rings. The summed E-state index contributed by atoms with van der Waals surface area (Å²) in [4.78, 5) is 0. The normalized spacial score (nSPS) is 13.9. The predicted molar refractivity (Wildman–Crippen MR) is 185 cm³/mol. The lowest BCUT2D eigenvalue weighted by atomic mass is 9.81. The van der Waals surface area contributed by atoms with E-state index in [9.17, 15) is 0 Å². The van der Waals surface area contributed by atoms with Gasteiger partial charge in [0.05, 0.1) is 0 Å². The minimum absolute atomic E-state index is 0.0432. The first-order chi connectivity index (χ1) is 22.1. The minimum Gasteiger partial charge on any atom is -0.456 e. The van der Waals surface area contributed by atoms with Gasteiger partial charge in [0, 0.05) is 27.1 Å². The van der Waals surface area contributed by atoms with Gasteiger partial charge in [-0.15, -0.1) is 0 Å². The zero-order valence-electron chi connectivity index (χ0n) is 25.0. The van der Waals surface area contributed by atoms with Gasteiger partial charge in [-0.3, -0.25) is 0 Å². The first kappa shape index (κ1) is 24.8. The maximum atomic E-state index is 6.61. The number of hydrogen-bond donors (Lipinski definition) is 0. The molecule has 2 nitrogen and oxygen atoms in total. The van der Waals surface area contributed by atoms with Gasteiger partial charge in [-0.25, -0.2) is 0 Å². The molecule has 2 aliphatic rings. The molecule has 8 aromatic rings. The summed E-state index contributed by atoms with van der Waals surface area (Å²) in [6.45, 7) is 4.68. The Labute approximate surface area is 261 Å². The van der Waals surface area contributed by atoms with E-state index in [1.807, 2.05) is 12.1 Å². The Hall–Kier alpha value is -5.60. The minimum atomic E-state index is -0.0432. The van der Waals surface area contributed by atoms with Crippen molar-refractivity contribution < 1.29 is 9.15 Å². The molecule has 0 radical (unpaired) electrons. The Morgan fingerprint density at radius 2 is 1.13 bits per heavy atom. The molecule has 0 atom stereocenters. The van der Waals surface area contributed by atoms with Gasteiger partial charge in [-0.1, -0.05) is 111 Å². The smallest absolute Gasteiger partial charge is 0.135 e. The standard InChI is InChI=1S/C43H28O2/c1-43(2)35-14-5-3-10-32(35)41-29(13-8-15-36(41)43)27-19-22-40-42-30(27)11-7-12-31(42)34-24-26(18-21-39(34)45-40)25-17-20-38-33(23-25)28-9-4-6-16-37(28)44-38/h3-24H,1-2H3. The van der Waals surface area contributed by atoms with Crippen molar-refractivity contribution in [2.24, 2.45) is 0 Å². The van der Waals surface area contributed by atoms with Crippen LogP contribution < -0.4 is 4.74 Å². The number of para-hydroxylation sites is 1. The van der Waals surface area contributed by atoms with E-state index in [0.29, 0.717) is 0 Å². The summed E-state index contributed by atoms with van der Waals surface area (Å²) in [7, 11) is 0. The van der Waals surface area contributed by atoms with Crippen molar-refractivity contribution in [2.75, 3.05) is 0 Å². The molecule has 7 aromatic carbocycles. The van der Waals surface area contributed by atoms with E-state index < -0.39 is 0 Å². The van der Waals surface area contributed by atoms with Gasteiger partial charge in [-0.05, 0) is 91.9 Å². The zero-order chi connectivity index (χ0) is 29.9. The highest BCUT2D eigenvalue weighted by molar-refractivity contribution is 6.12. The van der Waals surface area contributed by atoms with Crippen LogP contribution in [0.4, 0.5) is 0 Å². The van der Waals surface area contributed by atoms with Crippen LogP contribution in [0, 0.1) is 0 Å². The third kappa shape index (κ3) is 3.34. The monoisotopic (exact) mass is 576 g/mol. The highest BCUT2D eigenvalue weighted by Gasteiger charge is 2.37. The van der Waals surface area contributed by atoms with Crippen molar-refractivity contribution in [2.45, 2.75) is 19.3 Å². The molecule has 0 amide bonds. The van der Waals surface area contributed by atoms with E-state index in [2.05, 4.69) is 135 Å². The number of rotatable bonds is 2. The van der Waals surface area contributed by atoms with E-state index in [4.69, 9.17) is 9.15 Å². The Kier molecular flexibility index (Phi) is 4.82. The van der Waals surface area contributed by atoms with Crippen LogP contribution in [0.25, 0.3) is 77.2 Å². The molecule has 0 saturated heterocycles. The van der Waals surface area contributed by atoms with Gasteiger partial charge < -0.3 is 9.15 Å². The average molecular weight is 577 g/mol. The van der Waals surface area contributed by atoms with Crippen LogP contribution in [0.5, 0.6) is 11.5 Å². The molecule has 0 N–H and O–H groups in total. The van der Waals surface area contributed by atoms with Crippen molar-refractivity contribution in [1.29, 1.82) is 0 Å². The third-order valence-corrected chi connectivity index (χ3v) is 10.1. The lowest BCUT2D eigenvalue weighted by molar-refractivity contribution is 0.487. The van der Waals surface area contributed by atoms with E-state index in [-0.39, 0.29) is 5.41 Å². The van der Waals surface area contributed by atoms with Crippen LogP contribution in [0.15, 0.2) is 138 Å². The predicted octanol–water partition coefficient (Wildman–Crippen LogP) is 12.2. The van der Waals surface area contributed by atoms with Gasteiger partial charge in [-0.2, -0.15) is 0 Å². The third-order valence-electron chi connectivity index (χ3n) is 10.1. The molecule has 2 heterocycles. The molecule has 10 rings (SSSR count). The average Bonchev–Trinajstić information content (AvgIpc) is 3.57. The quantitative estimate of drug-likeness (QED) is 0.204. The Morgan fingerprint density at radius 1 is 0.444 bits per heavy atom.